The molecule has 3 rings (SSSR count). The van der Waals surface area contributed by atoms with E-state index in [1.807, 2.05) is 12.1 Å². The maximum Gasteiger partial charge on any atom is 0.226 e. The molecule has 0 radical (unpaired) electrons. The Bertz CT molecular complexity index is 792. The quantitative estimate of drug-likeness (QED) is 0.551. The van der Waals surface area contributed by atoms with E-state index in [1.54, 1.807) is 6.26 Å². The molecule has 0 spiro atoms. The van der Waals surface area contributed by atoms with Crippen molar-refractivity contribution >= 4 is 5.96 Å². The maximum atomic E-state index is 5.64. The summed E-state index contributed by atoms with van der Waals surface area (Å²) in [6.07, 6.45) is 3.70. The molecule has 1 aliphatic heterocycles. The molecule has 2 aromatic rings. The first-order valence-electron chi connectivity index (χ1n) is 10.3. The van der Waals surface area contributed by atoms with E-state index in [0.29, 0.717) is 12.4 Å². The summed E-state index contributed by atoms with van der Waals surface area (Å²) in [6, 6.07) is 8.16. The molecule has 0 unspecified atom stereocenters. The van der Waals surface area contributed by atoms with E-state index in [0.717, 1.165) is 56.4 Å². The molecule has 1 aliphatic rings. The van der Waals surface area contributed by atoms with Gasteiger partial charge in [-0.2, -0.15) is 0 Å². The van der Waals surface area contributed by atoms with Gasteiger partial charge in [0.05, 0.1) is 6.54 Å². The van der Waals surface area contributed by atoms with Crippen molar-refractivity contribution in [1.82, 2.24) is 20.5 Å². The van der Waals surface area contributed by atoms with Crippen LogP contribution in [-0.2, 0) is 11.3 Å². The highest BCUT2D eigenvalue weighted by Gasteiger charge is 2.34. The third kappa shape index (κ3) is 5.58. The van der Waals surface area contributed by atoms with E-state index >= 15 is 0 Å². The summed E-state index contributed by atoms with van der Waals surface area (Å²) >= 11 is 0. The van der Waals surface area contributed by atoms with Gasteiger partial charge in [0.2, 0.25) is 5.89 Å². The number of aryl methyl sites for hydroxylation is 1. The predicted octanol–water partition coefficient (Wildman–Crippen LogP) is 2.82. The van der Waals surface area contributed by atoms with Gasteiger partial charge in [0.25, 0.3) is 0 Å². The van der Waals surface area contributed by atoms with E-state index in [2.05, 4.69) is 60.6 Å². The molecule has 1 aromatic carbocycles. The molecule has 1 fully saturated rings. The summed E-state index contributed by atoms with van der Waals surface area (Å²) in [5.41, 5.74) is 3.09. The minimum atomic E-state index is 0.0843. The summed E-state index contributed by atoms with van der Waals surface area (Å²) in [7, 11) is 4.28. The zero-order chi connectivity index (χ0) is 20.7. The lowest BCUT2D eigenvalue weighted by atomic mass is 9.88. The van der Waals surface area contributed by atoms with Crippen molar-refractivity contribution < 1.29 is 9.15 Å². The second-order valence-corrected chi connectivity index (χ2v) is 7.79. The van der Waals surface area contributed by atoms with Crippen LogP contribution < -0.4 is 10.6 Å². The van der Waals surface area contributed by atoms with Gasteiger partial charge in [-0.25, -0.2) is 9.98 Å². The number of benzene rings is 1. The Kier molecular flexibility index (Phi) is 7.28. The number of nitrogens with zero attached hydrogens (tertiary/aromatic N) is 3. The van der Waals surface area contributed by atoms with Crippen molar-refractivity contribution in [2.45, 2.75) is 38.8 Å². The number of nitrogens with one attached hydrogen (secondary N) is 2. The average molecular weight is 400 g/mol. The minimum absolute atomic E-state index is 0.0843. The first-order chi connectivity index (χ1) is 14.0. The van der Waals surface area contributed by atoms with Crippen LogP contribution in [0.3, 0.4) is 0 Å². The van der Waals surface area contributed by atoms with Crippen LogP contribution in [0.15, 0.2) is 39.9 Å². The van der Waals surface area contributed by atoms with Crippen molar-refractivity contribution in [2.24, 2.45) is 4.99 Å². The average Bonchev–Trinajstić information content (AvgIpc) is 3.20. The van der Waals surface area contributed by atoms with E-state index in [1.165, 1.54) is 5.56 Å². The zero-order valence-electron chi connectivity index (χ0n) is 18.0. The molecule has 7 heteroatoms. The molecule has 29 heavy (non-hydrogen) atoms. The Hall–Kier alpha value is -2.38. The van der Waals surface area contributed by atoms with Gasteiger partial charge in [0, 0.05) is 37.4 Å². The summed E-state index contributed by atoms with van der Waals surface area (Å²) in [5, 5.41) is 6.83. The minimum Gasteiger partial charge on any atom is -0.444 e. The highest BCUT2D eigenvalue weighted by Crippen LogP contribution is 2.25. The Balaban J connectivity index is 1.64. The summed E-state index contributed by atoms with van der Waals surface area (Å²) in [4.78, 5) is 11.6. The zero-order valence-corrected chi connectivity index (χ0v) is 18.0. The smallest absolute Gasteiger partial charge is 0.226 e. The van der Waals surface area contributed by atoms with Crippen LogP contribution in [0.1, 0.15) is 31.0 Å². The van der Waals surface area contributed by atoms with Crippen LogP contribution in [0, 0.1) is 6.92 Å². The molecular formula is C22H33N5O2. The Morgan fingerprint density at radius 3 is 2.55 bits per heavy atom. The molecule has 1 aromatic heterocycles. The predicted molar refractivity (Wildman–Crippen MR) is 116 cm³/mol. The van der Waals surface area contributed by atoms with Gasteiger partial charge in [-0.3, -0.25) is 0 Å². The van der Waals surface area contributed by atoms with Crippen molar-refractivity contribution in [1.29, 1.82) is 0 Å². The third-order valence-corrected chi connectivity index (χ3v) is 5.55. The number of likely N-dealkylation sites (N-methyl/N-ethyl adjacent to an activating group) is 1. The topological polar surface area (TPSA) is 74.9 Å². The third-order valence-electron chi connectivity index (χ3n) is 5.55. The Labute approximate surface area is 173 Å². The molecule has 0 amide bonds. The number of hydrogen-bond donors (Lipinski definition) is 2. The van der Waals surface area contributed by atoms with Crippen molar-refractivity contribution in [3.8, 4) is 11.5 Å². The van der Waals surface area contributed by atoms with Crippen LogP contribution in [0.2, 0.25) is 0 Å². The van der Waals surface area contributed by atoms with Crippen LogP contribution in [0.5, 0.6) is 0 Å². The molecule has 2 N–H and O–H groups in total. The summed E-state index contributed by atoms with van der Waals surface area (Å²) in [5.74, 6) is 1.42. The lowest BCUT2D eigenvalue weighted by molar-refractivity contribution is -0.00501. The van der Waals surface area contributed by atoms with Crippen molar-refractivity contribution in [2.75, 3.05) is 40.4 Å². The SMILES string of the molecule is CCNC(=NCc1coc(-c2ccc(C)cc2)n1)NCC1(N(C)C)CCOCC1. The fourth-order valence-corrected chi connectivity index (χ4v) is 3.49. The van der Waals surface area contributed by atoms with E-state index < -0.39 is 0 Å². The summed E-state index contributed by atoms with van der Waals surface area (Å²) < 4.78 is 11.2. The first-order valence-corrected chi connectivity index (χ1v) is 10.3. The molecule has 0 saturated carbocycles. The molecule has 1 saturated heterocycles. The number of hydrogen-bond acceptors (Lipinski definition) is 5. The largest absolute Gasteiger partial charge is 0.444 e. The Morgan fingerprint density at radius 2 is 1.90 bits per heavy atom. The van der Waals surface area contributed by atoms with Crippen molar-refractivity contribution in [3.05, 3.63) is 41.8 Å². The van der Waals surface area contributed by atoms with Crippen LogP contribution in [0.25, 0.3) is 11.5 Å². The number of oxazole rings is 1. The van der Waals surface area contributed by atoms with E-state index in [9.17, 15) is 0 Å². The van der Waals surface area contributed by atoms with Gasteiger partial charge in [-0.15, -0.1) is 0 Å². The fourth-order valence-electron chi connectivity index (χ4n) is 3.49. The van der Waals surface area contributed by atoms with E-state index in [4.69, 9.17) is 14.1 Å². The second kappa shape index (κ2) is 9.89. The number of guanidine groups is 1. The number of aromatic nitrogens is 1. The second-order valence-electron chi connectivity index (χ2n) is 7.79. The van der Waals surface area contributed by atoms with Crippen LogP contribution in [-0.4, -0.2) is 61.8 Å². The molecule has 0 aliphatic carbocycles. The highest BCUT2D eigenvalue weighted by molar-refractivity contribution is 5.79. The fraction of sp³-hybridized carbons (Fsp3) is 0.545. The van der Waals surface area contributed by atoms with Gasteiger partial charge in [-0.1, -0.05) is 17.7 Å². The number of ether oxygens (including phenoxy) is 1. The van der Waals surface area contributed by atoms with Gasteiger partial charge >= 0.3 is 0 Å². The van der Waals surface area contributed by atoms with Crippen molar-refractivity contribution in [3.63, 3.8) is 0 Å². The molecular weight excluding hydrogens is 366 g/mol. The number of rotatable bonds is 7. The normalized spacial score (nSPS) is 16.8. The first kappa shape index (κ1) is 21.3. The summed E-state index contributed by atoms with van der Waals surface area (Å²) in [6.45, 7) is 7.82. The van der Waals surface area contributed by atoms with Gasteiger partial charge < -0.3 is 24.7 Å². The molecule has 7 nitrogen and oxygen atoms in total. The van der Waals surface area contributed by atoms with Gasteiger partial charge in [0.15, 0.2) is 5.96 Å². The molecule has 2 heterocycles. The van der Waals surface area contributed by atoms with E-state index in [-0.39, 0.29) is 5.54 Å². The Morgan fingerprint density at radius 1 is 1.17 bits per heavy atom. The number of aliphatic imine (C=N–C) groups is 1. The van der Waals surface area contributed by atoms with Gasteiger partial charge in [-0.05, 0) is 52.9 Å². The lowest BCUT2D eigenvalue weighted by Crippen LogP contribution is -2.57. The molecule has 0 atom stereocenters. The maximum absolute atomic E-state index is 5.64. The molecule has 0 bridgehead atoms. The van der Waals surface area contributed by atoms with Crippen LogP contribution in [0.4, 0.5) is 0 Å². The van der Waals surface area contributed by atoms with Crippen LogP contribution >= 0.6 is 0 Å². The molecule has 158 valence electrons. The monoisotopic (exact) mass is 399 g/mol. The standard InChI is InChI=1S/C22H33N5O2/c1-5-23-21(25-16-22(27(3)4)10-12-28-13-11-22)24-14-19-15-29-20(26-19)18-8-6-17(2)7-9-18/h6-9,15H,5,10-14,16H2,1-4H3,(H2,23,24,25). The highest BCUT2D eigenvalue weighted by atomic mass is 16.5. The van der Waals surface area contributed by atoms with Gasteiger partial charge in [0.1, 0.15) is 12.0 Å². The lowest BCUT2D eigenvalue weighted by Gasteiger charge is -2.43.